The first-order valence-corrected chi connectivity index (χ1v) is 6.14. The summed E-state index contributed by atoms with van der Waals surface area (Å²) < 4.78 is 13.3. The van der Waals surface area contributed by atoms with Crippen molar-refractivity contribution in [2.75, 3.05) is 23.7 Å². The molecule has 1 fully saturated rings. The highest BCUT2D eigenvalue weighted by atomic mass is 19.1. The molecule has 0 saturated carbocycles. The zero-order valence-electron chi connectivity index (χ0n) is 10.2. The Morgan fingerprint density at radius 2 is 2.00 bits per heavy atom. The number of primary amides is 1. The van der Waals surface area contributed by atoms with E-state index in [0.29, 0.717) is 18.0 Å². The van der Waals surface area contributed by atoms with Crippen molar-refractivity contribution < 1.29 is 9.18 Å². The van der Waals surface area contributed by atoms with Crippen molar-refractivity contribution in [3.8, 4) is 0 Å². The minimum atomic E-state index is -0.316. The smallest absolute Gasteiger partial charge is 0.217 e. The Bertz CT molecular complexity index is 422. The average Bonchev–Trinajstić information content (AvgIpc) is 2.27. The topological polar surface area (TPSA) is 72.4 Å². The van der Waals surface area contributed by atoms with E-state index in [1.807, 2.05) is 0 Å². The van der Waals surface area contributed by atoms with Crippen LogP contribution in [0.5, 0.6) is 0 Å². The number of nitrogen functional groups attached to an aromatic ring is 1. The molecule has 1 amide bonds. The molecule has 1 heterocycles. The first-order valence-electron chi connectivity index (χ1n) is 6.14. The Kier molecular flexibility index (Phi) is 3.69. The van der Waals surface area contributed by atoms with Crippen LogP contribution < -0.4 is 16.4 Å². The number of hydrogen-bond donors (Lipinski definition) is 2. The number of carbonyl (C=O) groups excluding carboxylic acids is 1. The largest absolute Gasteiger partial charge is 0.399 e. The van der Waals surface area contributed by atoms with Crippen molar-refractivity contribution in [3.05, 3.63) is 24.0 Å². The Balaban J connectivity index is 1.98. The second-order valence-corrected chi connectivity index (χ2v) is 4.84. The molecule has 1 aliphatic rings. The summed E-state index contributed by atoms with van der Waals surface area (Å²) >= 11 is 0. The monoisotopic (exact) mass is 251 g/mol. The highest BCUT2D eigenvalue weighted by Gasteiger charge is 2.21. The van der Waals surface area contributed by atoms with E-state index in [0.717, 1.165) is 31.6 Å². The van der Waals surface area contributed by atoms with Gasteiger partial charge in [-0.1, -0.05) is 0 Å². The fourth-order valence-electron chi connectivity index (χ4n) is 2.46. The molecule has 4 nitrogen and oxygen atoms in total. The number of amides is 1. The molecule has 18 heavy (non-hydrogen) atoms. The minimum absolute atomic E-state index is 0.247. The molecule has 5 heteroatoms. The van der Waals surface area contributed by atoms with Gasteiger partial charge in [-0.3, -0.25) is 4.79 Å². The molecule has 98 valence electrons. The van der Waals surface area contributed by atoms with Gasteiger partial charge in [0.1, 0.15) is 5.82 Å². The van der Waals surface area contributed by atoms with Crippen LogP contribution in [-0.4, -0.2) is 19.0 Å². The fraction of sp³-hybridized carbons (Fsp3) is 0.462. The standard InChI is InChI=1S/C13H18FN3O/c14-10-6-11(15)8-12(7-10)17-3-1-9(2-4-17)5-13(16)18/h6-9H,1-5,15H2,(H2,16,18). The van der Waals surface area contributed by atoms with Crippen LogP contribution in [0, 0.1) is 11.7 Å². The molecule has 0 unspecified atom stereocenters. The molecular weight excluding hydrogens is 233 g/mol. The predicted octanol–water partition coefficient (Wildman–Crippen LogP) is 1.50. The maximum atomic E-state index is 13.3. The molecule has 0 atom stereocenters. The molecule has 0 radical (unpaired) electrons. The van der Waals surface area contributed by atoms with Crippen LogP contribution in [0.15, 0.2) is 18.2 Å². The van der Waals surface area contributed by atoms with Crippen molar-refractivity contribution in [1.82, 2.24) is 0 Å². The summed E-state index contributed by atoms with van der Waals surface area (Å²) in [4.78, 5) is 12.9. The molecular formula is C13H18FN3O. The van der Waals surface area contributed by atoms with Gasteiger partial charge in [-0.25, -0.2) is 4.39 Å². The van der Waals surface area contributed by atoms with Crippen LogP contribution in [0.1, 0.15) is 19.3 Å². The second kappa shape index (κ2) is 5.25. The van der Waals surface area contributed by atoms with E-state index in [1.165, 1.54) is 12.1 Å². The predicted molar refractivity (Wildman–Crippen MR) is 69.6 cm³/mol. The summed E-state index contributed by atoms with van der Waals surface area (Å²) in [6.45, 7) is 1.61. The van der Waals surface area contributed by atoms with Gasteiger partial charge in [0.05, 0.1) is 0 Å². The second-order valence-electron chi connectivity index (χ2n) is 4.84. The third-order valence-electron chi connectivity index (χ3n) is 3.37. The molecule has 1 saturated heterocycles. The van der Waals surface area contributed by atoms with E-state index in [2.05, 4.69) is 4.90 Å². The Morgan fingerprint density at radius 3 is 2.56 bits per heavy atom. The van der Waals surface area contributed by atoms with Gasteiger partial charge in [-0.05, 0) is 37.0 Å². The van der Waals surface area contributed by atoms with E-state index in [1.54, 1.807) is 6.07 Å². The summed E-state index contributed by atoms with van der Waals surface area (Å²) in [5.41, 5.74) is 12.1. The number of nitrogens with zero attached hydrogens (tertiary/aromatic N) is 1. The fourth-order valence-corrected chi connectivity index (χ4v) is 2.46. The molecule has 4 N–H and O–H groups in total. The Morgan fingerprint density at radius 1 is 1.33 bits per heavy atom. The van der Waals surface area contributed by atoms with Crippen LogP contribution in [0.25, 0.3) is 0 Å². The van der Waals surface area contributed by atoms with E-state index in [9.17, 15) is 9.18 Å². The molecule has 1 aromatic rings. The quantitative estimate of drug-likeness (QED) is 0.800. The lowest BCUT2D eigenvalue weighted by atomic mass is 9.93. The zero-order chi connectivity index (χ0) is 13.1. The maximum absolute atomic E-state index is 13.3. The Labute approximate surface area is 106 Å². The lowest BCUT2D eigenvalue weighted by Gasteiger charge is -2.33. The summed E-state index contributed by atoms with van der Waals surface area (Å²) in [5, 5.41) is 0. The Hall–Kier alpha value is -1.78. The van der Waals surface area contributed by atoms with Crippen molar-refractivity contribution in [2.45, 2.75) is 19.3 Å². The van der Waals surface area contributed by atoms with Gasteiger partial charge in [0.15, 0.2) is 0 Å². The van der Waals surface area contributed by atoms with Crippen LogP contribution in [-0.2, 0) is 4.79 Å². The van der Waals surface area contributed by atoms with E-state index >= 15 is 0 Å². The van der Waals surface area contributed by atoms with Crippen LogP contribution in [0.3, 0.4) is 0 Å². The van der Waals surface area contributed by atoms with Gasteiger partial charge >= 0.3 is 0 Å². The summed E-state index contributed by atoms with van der Waals surface area (Å²) in [5.74, 6) is -0.211. The lowest BCUT2D eigenvalue weighted by molar-refractivity contribution is -0.119. The number of rotatable bonds is 3. The van der Waals surface area contributed by atoms with Crippen molar-refractivity contribution in [2.24, 2.45) is 11.7 Å². The van der Waals surface area contributed by atoms with Crippen molar-refractivity contribution >= 4 is 17.3 Å². The molecule has 1 aromatic carbocycles. The molecule has 2 rings (SSSR count). The van der Waals surface area contributed by atoms with Crippen LogP contribution >= 0.6 is 0 Å². The third-order valence-corrected chi connectivity index (χ3v) is 3.37. The van der Waals surface area contributed by atoms with E-state index in [4.69, 9.17) is 11.5 Å². The summed E-state index contributed by atoms with van der Waals surface area (Å²) in [6, 6.07) is 4.58. The first-order chi connectivity index (χ1) is 8.54. The number of hydrogen-bond acceptors (Lipinski definition) is 3. The number of anilines is 2. The molecule has 0 bridgehead atoms. The van der Waals surface area contributed by atoms with Crippen LogP contribution in [0.4, 0.5) is 15.8 Å². The first kappa shape index (κ1) is 12.7. The normalized spacial score (nSPS) is 16.8. The number of benzene rings is 1. The van der Waals surface area contributed by atoms with E-state index in [-0.39, 0.29) is 11.7 Å². The highest BCUT2D eigenvalue weighted by Crippen LogP contribution is 2.27. The number of carbonyl (C=O) groups is 1. The van der Waals surface area contributed by atoms with E-state index < -0.39 is 0 Å². The number of halogens is 1. The SMILES string of the molecule is NC(=O)CC1CCN(c2cc(N)cc(F)c2)CC1. The van der Waals surface area contributed by atoms with Gasteiger partial charge in [-0.2, -0.15) is 0 Å². The summed E-state index contributed by atoms with van der Waals surface area (Å²) in [6.07, 6.45) is 2.25. The van der Waals surface area contributed by atoms with Crippen molar-refractivity contribution in [1.29, 1.82) is 0 Å². The van der Waals surface area contributed by atoms with Crippen molar-refractivity contribution in [3.63, 3.8) is 0 Å². The maximum Gasteiger partial charge on any atom is 0.217 e. The number of piperidine rings is 1. The molecule has 0 aliphatic carbocycles. The van der Waals surface area contributed by atoms with Crippen LogP contribution in [0.2, 0.25) is 0 Å². The van der Waals surface area contributed by atoms with Gasteiger partial charge < -0.3 is 16.4 Å². The molecule has 0 spiro atoms. The molecule has 0 aromatic heterocycles. The third kappa shape index (κ3) is 3.12. The van der Waals surface area contributed by atoms with Gasteiger partial charge in [0.2, 0.25) is 5.91 Å². The highest BCUT2D eigenvalue weighted by molar-refractivity contribution is 5.74. The average molecular weight is 251 g/mol. The van der Waals surface area contributed by atoms with Gasteiger partial charge in [-0.15, -0.1) is 0 Å². The summed E-state index contributed by atoms with van der Waals surface area (Å²) in [7, 11) is 0. The van der Waals surface area contributed by atoms with Gasteiger partial charge in [0, 0.05) is 30.9 Å². The zero-order valence-corrected chi connectivity index (χ0v) is 10.2. The lowest BCUT2D eigenvalue weighted by Crippen LogP contribution is -2.35. The number of nitrogens with two attached hydrogens (primary N) is 2. The minimum Gasteiger partial charge on any atom is -0.399 e. The molecule has 1 aliphatic heterocycles. The van der Waals surface area contributed by atoms with Gasteiger partial charge in [0.25, 0.3) is 0 Å².